The van der Waals surface area contributed by atoms with Crippen molar-refractivity contribution in [2.75, 3.05) is 0 Å². The number of hydrogen-bond donors (Lipinski definition) is 1. The molecular weight excluding hydrogens is 290 g/mol. The average molecular weight is 330 g/mol. The predicted octanol–water partition coefficient (Wildman–Crippen LogP) is 6.88. The number of nitrogens with one attached hydrogen (secondary N) is 1. The topological polar surface area (TPSA) is 23.9 Å². The summed E-state index contributed by atoms with van der Waals surface area (Å²) in [5, 5.41) is 7.87. The lowest BCUT2D eigenvalue weighted by molar-refractivity contribution is -0.0933. The second-order valence-corrected chi connectivity index (χ2v) is 9.65. The highest BCUT2D eigenvalue weighted by molar-refractivity contribution is 5.59. The summed E-state index contributed by atoms with van der Waals surface area (Å²) in [6.45, 7) is 11.2. The standard InChI is InChI=1S/C21H35N.C2H4/c1-20-12-5-3-4-6-15(20)7-9-17-18-10-8-16(14-22)21(18,2)13-11-19(17)20;1-2/h14-19,22H,3-13H2,1-2H3;1-2H2. The lowest BCUT2D eigenvalue weighted by Gasteiger charge is -2.59. The third-order valence-corrected chi connectivity index (χ3v) is 9.11. The fourth-order valence-electron chi connectivity index (χ4n) is 7.79. The summed E-state index contributed by atoms with van der Waals surface area (Å²) in [4.78, 5) is 0. The second-order valence-electron chi connectivity index (χ2n) is 9.65. The Labute approximate surface area is 150 Å². The van der Waals surface area contributed by atoms with Crippen LogP contribution in [0.4, 0.5) is 0 Å². The van der Waals surface area contributed by atoms with E-state index in [2.05, 4.69) is 27.0 Å². The summed E-state index contributed by atoms with van der Waals surface area (Å²) < 4.78 is 0. The van der Waals surface area contributed by atoms with Crippen LogP contribution in [0.3, 0.4) is 0 Å². The van der Waals surface area contributed by atoms with Crippen molar-refractivity contribution in [1.82, 2.24) is 0 Å². The van der Waals surface area contributed by atoms with Gasteiger partial charge in [0, 0.05) is 0 Å². The minimum atomic E-state index is 0.469. The molecule has 0 aromatic heterocycles. The molecule has 0 aromatic carbocycles. The van der Waals surface area contributed by atoms with E-state index in [0.717, 1.165) is 23.7 Å². The van der Waals surface area contributed by atoms with Crippen molar-refractivity contribution in [3.8, 4) is 0 Å². The minimum Gasteiger partial charge on any atom is -0.313 e. The molecule has 0 heterocycles. The van der Waals surface area contributed by atoms with Gasteiger partial charge in [0.25, 0.3) is 0 Å². The van der Waals surface area contributed by atoms with E-state index in [9.17, 15) is 0 Å². The Morgan fingerprint density at radius 2 is 1.54 bits per heavy atom. The van der Waals surface area contributed by atoms with Gasteiger partial charge < -0.3 is 5.41 Å². The molecule has 0 bridgehead atoms. The first-order chi connectivity index (χ1) is 11.6. The van der Waals surface area contributed by atoms with Gasteiger partial charge in [-0.3, -0.25) is 0 Å². The molecule has 136 valence electrons. The van der Waals surface area contributed by atoms with Crippen LogP contribution in [-0.2, 0) is 0 Å². The van der Waals surface area contributed by atoms with Crippen LogP contribution in [-0.4, -0.2) is 6.21 Å². The SMILES string of the molecule is C=C.CC12CCC3C(CCC4CCCCCC43C)C1CCC2C=N. The molecule has 4 fully saturated rings. The molecule has 0 aromatic rings. The van der Waals surface area contributed by atoms with Gasteiger partial charge in [0.1, 0.15) is 0 Å². The molecule has 1 N–H and O–H groups in total. The Kier molecular flexibility index (Phi) is 5.28. The maximum absolute atomic E-state index is 7.87. The normalized spacial score (nSPS) is 50.3. The number of rotatable bonds is 1. The van der Waals surface area contributed by atoms with E-state index in [1.54, 1.807) is 6.21 Å². The molecule has 4 aliphatic carbocycles. The number of fused-ring (bicyclic) bond motifs is 5. The molecule has 7 unspecified atom stereocenters. The second kappa shape index (κ2) is 6.96. The van der Waals surface area contributed by atoms with Crippen LogP contribution in [0, 0.1) is 45.8 Å². The van der Waals surface area contributed by atoms with Crippen molar-refractivity contribution in [3.63, 3.8) is 0 Å². The van der Waals surface area contributed by atoms with E-state index >= 15 is 0 Å². The summed E-state index contributed by atoms with van der Waals surface area (Å²) in [6, 6.07) is 0. The van der Waals surface area contributed by atoms with Gasteiger partial charge in [0.15, 0.2) is 0 Å². The van der Waals surface area contributed by atoms with Crippen LogP contribution < -0.4 is 0 Å². The van der Waals surface area contributed by atoms with Crippen LogP contribution >= 0.6 is 0 Å². The molecule has 24 heavy (non-hydrogen) atoms. The summed E-state index contributed by atoms with van der Waals surface area (Å²) in [5.41, 5.74) is 1.13. The van der Waals surface area contributed by atoms with E-state index in [-0.39, 0.29) is 0 Å². The Hall–Kier alpha value is -0.590. The van der Waals surface area contributed by atoms with Crippen LogP contribution in [0.2, 0.25) is 0 Å². The predicted molar refractivity (Wildman–Crippen MR) is 104 cm³/mol. The highest BCUT2D eigenvalue weighted by Crippen LogP contribution is 2.66. The summed E-state index contributed by atoms with van der Waals surface area (Å²) in [7, 11) is 0. The van der Waals surface area contributed by atoms with Gasteiger partial charge in [-0.1, -0.05) is 33.1 Å². The molecular formula is C23H39N. The van der Waals surface area contributed by atoms with E-state index < -0.39 is 0 Å². The zero-order valence-electron chi connectivity index (χ0n) is 16.2. The first-order valence-corrected chi connectivity index (χ1v) is 10.6. The van der Waals surface area contributed by atoms with Crippen molar-refractivity contribution in [1.29, 1.82) is 5.41 Å². The van der Waals surface area contributed by atoms with E-state index in [4.69, 9.17) is 5.41 Å². The summed E-state index contributed by atoms with van der Waals surface area (Å²) in [5.74, 6) is 4.53. The molecule has 0 saturated heterocycles. The molecule has 1 heteroatoms. The van der Waals surface area contributed by atoms with Gasteiger partial charge in [-0.15, -0.1) is 13.2 Å². The Balaban J connectivity index is 0.000000815. The van der Waals surface area contributed by atoms with E-state index in [1.165, 1.54) is 70.6 Å². The lowest BCUT2D eigenvalue weighted by atomic mass is 9.46. The molecule has 0 radical (unpaired) electrons. The molecule has 4 aliphatic rings. The van der Waals surface area contributed by atoms with Gasteiger partial charge in [0.05, 0.1) is 0 Å². The fraction of sp³-hybridized carbons (Fsp3) is 0.870. The molecule has 0 amide bonds. The first kappa shape index (κ1) is 18.2. The Bertz CT molecular complexity index is 457. The highest BCUT2D eigenvalue weighted by Gasteiger charge is 2.58. The van der Waals surface area contributed by atoms with E-state index in [1.807, 2.05) is 0 Å². The van der Waals surface area contributed by atoms with Crippen molar-refractivity contribution >= 4 is 6.21 Å². The fourth-order valence-corrected chi connectivity index (χ4v) is 7.79. The highest BCUT2D eigenvalue weighted by atomic mass is 14.6. The van der Waals surface area contributed by atoms with Gasteiger partial charge in [-0.2, -0.15) is 0 Å². The first-order valence-electron chi connectivity index (χ1n) is 10.6. The van der Waals surface area contributed by atoms with Crippen LogP contribution in [0.25, 0.3) is 0 Å². The maximum Gasteiger partial charge on any atom is -0.000816 e. The minimum absolute atomic E-state index is 0.469. The van der Waals surface area contributed by atoms with Crippen molar-refractivity contribution in [2.24, 2.45) is 40.4 Å². The van der Waals surface area contributed by atoms with Crippen LogP contribution in [0.15, 0.2) is 13.2 Å². The van der Waals surface area contributed by atoms with Gasteiger partial charge in [-0.05, 0) is 98.0 Å². The van der Waals surface area contributed by atoms with Crippen molar-refractivity contribution in [3.05, 3.63) is 13.2 Å². The number of hydrogen-bond acceptors (Lipinski definition) is 1. The molecule has 0 aliphatic heterocycles. The van der Waals surface area contributed by atoms with Crippen molar-refractivity contribution < 1.29 is 0 Å². The van der Waals surface area contributed by atoms with E-state index in [0.29, 0.717) is 16.7 Å². The largest absolute Gasteiger partial charge is 0.313 e. The van der Waals surface area contributed by atoms with Gasteiger partial charge >= 0.3 is 0 Å². The molecule has 4 rings (SSSR count). The average Bonchev–Trinajstić information content (AvgIpc) is 2.81. The summed E-state index contributed by atoms with van der Waals surface area (Å²) >= 11 is 0. The summed E-state index contributed by atoms with van der Waals surface area (Å²) in [6.07, 6.45) is 17.9. The quantitative estimate of drug-likeness (QED) is 0.400. The lowest BCUT2D eigenvalue weighted by Crippen LogP contribution is -2.51. The van der Waals surface area contributed by atoms with Crippen LogP contribution in [0.5, 0.6) is 0 Å². The molecule has 1 nitrogen and oxygen atoms in total. The zero-order chi connectivity index (χ0) is 17.4. The van der Waals surface area contributed by atoms with Crippen LogP contribution in [0.1, 0.15) is 84.5 Å². The smallest absolute Gasteiger partial charge is 0.000816 e. The van der Waals surface area contributed by atoms with Gasteiger partial charge in [0.2, 0.25) is 0 Å². The zero-order valence-corrected chi connectivity index (χ0v) is 16.2. The van der Waals surface area contributed by atoms with Crippen molar-refractivity contribution in [2.45, 2.75) is 84.5 Å². The maximum atomic E-state index is 7.87. The third kappa shape index (κ3) is 2.61. The molecule has 0 spiro atoms. The molecule has 4 saturated carbocycles. The Morgan fingerprint density at radius 3 is 2.29 bits per heavy atom. The molecule has 7 atom stereocenters. The third-order valence-electron chi connectivity index (χ3n) is 9.11. The monoisotopic (exact) mass is 329 g/mol. The Morgan fingerprint density at radius 1 is 0.792 bits per heavy atom. The van der Waals surface area contributed by atoms with Gasteiger partial charge in [-0.25, -0.2) is 0 Å².